The molecule has 5 nitrogen and oxygen atoms in total. The van der Waals surface area contributed by atoms with E-state index >= 15 is 0 Å². The molecule has 0 spiro atoms. The van der Waals surface area contributed by atoms with Crippen molar-refractivity contribution in [2.45, 2.75) is 52.9 Å². The molecule has 0 saturated heterocycles. The highest BCUT2D eigenvalue weighted by atomic mass is 16.5. The van der Waals surface area contributed by atoms with E-state index in [2.05, 4.69) is 41.0 Å². The van der Waals surface area contributed by atoms with Crippen LogP contribution in [-0.4, -0.2) is 36.7 Å². The number of methoxy groups -OCH3 is 1. The van der Waals surface area contributed by atoms with Gasteiger partial charge in [-0.05, 0) is 19.3 Å². The lowest BCUT2D eigenvalue weighted by atomic mass is 10.2. The maximum atomic E-state index is 5.59. The summed E-state index contributed by atoms with van der Waals surface area (Å²) in [5, 5.41) is 3.32. The van der Waals surface area contributed by atoms with Gasteiger partial charge in [-0.2, -0.15) is 0 Å². The minimum absolute atomic E-state index is 0.762. The van der Waals surface area contributed by atoms with Gasteiger partial charge in [-0.1, -0.05) is 33.6 Å². The summed E-state index contributed by atoms with van der Waals surface area (Å²) in [5.74, 6) is 2.47. The van der Waals surface area contributed by atoms with Crippen LogP contribution in [0.15, 0.2) is 6.33 Å². The van der Waals surface area contributed by atoms with Crippen molar-refractivity contribution in [3.63, 3.8) is 0 Å². The van der Waals surface area contributed by atoms with Crippen molar-refractivity contribution in [1.82, 2.24) is 9.97 Å². The molecule has 1 heterocycles. The number of anilines is 2. The molecule has 0 atom stereocenters. The summed E-state index contributed by atoms with van der Waals surface area (Å²) >= 11 is 0. The molecule has 1 aromatic heterocycles. The van der Waals surface area contributed by atoms with Gasteiger partial charge in [-0.25, -0.2) is 9.97 Å². The highest BCUT2D eigenvalue weighted by molar-refractivity contribution is 5.64. The molecule has 0 aliphatic heterocycles. The summed E-state index contributed by atoms with van der Waals surface area (Å²) in [6, 6.07) is 0. The molecule has 1 aromatic rings. The molecule has 0 aliphatic rings. The van der Waals surface area contributed by atoms with Crippen LogP contribution in [0.1, 0.15) is 52.9 Å². The van der Waals surface area contributed by atoms with Crippen LogP contribution in [0.5, 0.6) is 5.75 Å². The second-order valence-corrected chi connectivity index (χ2v) is 5.20. The van der Waals surface area contributed by atoms with Crippen LogP contribution < -0.4 is 15.0 Å². The predicted molar refractivity (Wildman–Crippen MR) is 89.4 cm³/mol. The molecule has 1 N–H and O–H groups in total. The molecule has 0 radical (unpaired) electrons. The third-order valence-corrected chi connectivity index (χ3v) is 3.39. The van der Waals surface area contributed by atoms with Gasteiger partial charge in [0.05, 0.1) is 7.11 Å². The van der Waals surface area contributed by atoms with Gasteiger partial charge in [0.25, 0.3) is 0 Å². The Morgan fingerprint density at radius 2 is 1.71 bits per heavy atom. The van der Waals surface area contributed by atoms with Crippen molar-refractivity contribution < 1.29 is 4.74 Å². The lowest BCUT2D eigenvalue weighted by Crippen LogP contribution is -2.27. The quantitative estimate of drug-likeness (QED) is 0.674. The van der Waals surface area contributed by atoms with Gasteiger partial charge < -0.3 is 15.0 Å². The Morgan fingerprint density at radius 3 is 2.24 bits per heavy atom. The fourth-order valence-corrected chi connectivity index (χ4v) is 2.17. The molecule has 0 bridgehead atoms. The lowest BCUT2D eigenvalue weighted by Gasteiger charge is -2.25. The molecule has 21 heavy (non-hydrogen) atoms. The monoisotopic (exact) mass is 294 g/mol. The first kappa shape index (κ1) is 17.5. The van der Waals surface area contributed by atoms with E-state index in [9.17, 15) is 0 Å². The van der Waals surface area contributed by atoms with Crippen LogP contribution in [0.25, 0.3) is 0 Å². The first-order valence-corrected chi connectivity index (χ1v) is 8.16. The SMILES string of the molecule is CCCCN(CCCC)c1ncnc(NCCC)c1OC. The Balaban J connectivity index is 2.98. The van der Waals surface area contributed by atoms with Crippen molar-refractivity contribution in [3.05, 3.63) is 6.33 Å². The van der Waals surface area contributed by atoms with Crippen molar-refractivity contribution in [3.8, 4) is 5.75 Å². The Bertz CT molecular complexity index is 390. The summed E-state index contributed by atoms with van der Waals surface area (Å²) in [6.07, 6.45) is 7.36. The van der Waals surface area contributed by atoms with E-state index in [0.29, 0.717) is 0 Å². The van der Waals surface area contributed by atoms with E-state index in [4.69, 9.17) is 4.74 Å². The van der Waals surface area contributed by atoms with Crippen LogP contribution in [0.3, 0.4) is 0 Å². The van der Waals surface area contributed by atoms with Crippen molar-refractivity contribution in [2.75, 3.05) is 37.0 Å². The molecule has 0 saturated carbocycles. The van der Waals surface area contributed by atoms with Crippen LogP contribution in [0.4, 0.5) is 11.6 Å². The number of nitrogens with zero attached hydrogens (tertiary/aromatic N) is 3. The number of rotatable bonds is 11. The summed E-state index contributed by atoms with van der Waals surface area (Å²) in [6.45, 7) is 9.47. The maximum absolute atomic E-state index is 5.59. The van der Waals surface area contributed by atoms with Gasteiger partial charge in [-0.3, -0.25) is 0 Å². The smallest absolute Gasteiger partial charge is 0.204 e. The normalized spacial score (nSPS) is 10.5. The summed E-state index contributed by atoms with van der Waals surface area (Å²) in [5.41, 5.74) is 0. The first-order valence-electron chi connectivity index (χ1n) is 8.16. The standard InChI is InChI=1S/C16H30N4O/c1-5-8-11-20(12-9-6-2)16-14(21-4)15(17-10-7-3)18-13-19-16/h13H,5-12H2,1-4H3,(H,17,18,19). The average Bonchev–Trinajstić information content (AvgIpc) is 2.52. The number of hydrogen-bond donors (Lipinski definition) is 1. The molecule has 0 aliphatic carbocycles. The fraction of sp³-hybridized carbons (Fsp3) is 0.750. The van der Waals surface area contributed by atoms with E-state index in [0.717, 1.165) is 56.3 Å². The largest absolute Gasteiger partial charge is 0.490 e. The highest BCUT2D eigenvalue weighted by Crippen LogP contribution is 2.32. The molecule has 0 fully saturated rings. The second-order valence-electron chi connectivity index (χ2n) is 5.20. The summed E-state index contributed by atoms with van der Waals surface area (Å²) < 4.78 is 5.59. The molecule has 120 valence electrons. The first-order chi connectivity index (χ1) is 10.3. The zero-order valence-corrected chi connectivity index (χ0v) is 14.0. The molecule has 0 aromatic carbocycles. The minimum atomic E-state index is 0.762. The number of hydrogen-bond acceptors (Lipinski definition) is 5. The Kier molecular flexibility index (Phi) is 8.55. The number of nitrogens with one attached hydrogen (secondary N) is 1. The lowest BCUT2D eigenvalue weighted by molar-refractivity contribution is 0.411. The summed E-state index contributed by atoms with van der Waals surface area (Å²) in [7, 11) is 1.69. The van der Waals surface area contributed by atoms with Crippen LogP contribution >= 0.6 is 0 Å². The number of ether oxygens (including phenoxy) is 1. The third-order valence-electron chi connectivity index (χ3n) is 3.39. The molecule has 1 rings (SSSR count). The van der Waals surface area contributed by atoms with Crippen LogP contribution in [0, 0.1) is 0 Å². The van der Waals surface area contributed by atoms with Gasteiger partial charge in [0, 0.05) is 19.6 Å². The zero-order chi connectivity index (χ0) is 15.5. The summed E-state index contributed by atoms with van der Waals surface area (Å²) in [4.78, 5) is 11.1. The van der Waals surface area contributed by atoms with Gasteiger partial charge in [0.1, 0.15) is 6.33 Å². The maximum Gasteiger partial charge on any atom is 0.204 e. The van der Waals surface area contributed by atoms with E-state index in [1.165, 1.54) is 12.8 Å². The van der Waals surface area contributed by atoms with Crippen molar-refractivity contribution >= 4 is 11.6 Å². The Morgan fingerprint density at radius 1 is 1.05 bits per heavy atom. The molecular weight excluding hydrogens is 264 g/mol. The van der Waals surface area contributed by atoms with E-state index in [1.54, 1.807) is 13.4 Å². The van der Waals surface area contributed by atoms with Crippen LogP contribution in [0.2, 0.25) is 0 Å². The predicted octanol–water partition coefficient (Wildman–Crippen LogP) is 3.71. The van der Waals surface area contributed by atoms with Gasteiger partial charge in [0.2, 0.25) is 5.75 Å². The Labute approximate surface area is 129 Å². The van der Waals surface area contributed by atoms with Gasteiger partial charge in [-0.15, -0.1) is 0 Å². The van der Waals surface area contributed by atoms with Gasteiger partial charge in [0.15, 0.2) is 11.6 Å². The average molecular weight is 294 g/mol. The second kappa shape index (κ2) is 10.2. The van der Waals surface area contributed by atoms with Crippen LogP contribution in [-0.2, 0) is 0 Å². The van der Waals surface area contributed by atoms with Crippen molar-refractivity contribution in [1.29, 1.82) is 0 Å². The topological polar surface area (TPSA) is 50.3 Å². The fourth-order valence-electron chi connectivity index (χ4n) is 2.17. The van der Waals surface area contributed by atoms with Crippen molar-refractivity contribution in [2.24, 2.45) is 0 Å². The van der Waals surface area contributed by atoms with E-state index < -0.39 is 0 Å². The molecular formula is C16H30N4O. The molecule has 5 heteroatoms. The third kappa shape index (κ3) is 5.40. The minimum Gasteiger partial charge on any atom is -0.490 e. The zero-order valence-electron chi connectivity index (χ0n) is 14.0. The Hall–Kier alpha value is -1.52. The molecule has 0 amide bonds. The van der Waals surface area contributed by atoms with E-state index in [1.807, 2.05) is 0 Å². The number of unbranched alkanes of at least 4 members (excludes halogenated alkanes) is 2. The highest BCUT2D eigenvalue weighted by Gasteiger charge is 2.17. The number of aromatic nitrogens is 2. The van der Waals surface area contributed by atoms with E-state index in [-0.39, 0.29) is 0 Å². The molecule has 0 unspecified atom stereocenters. The van der Waals surface area contributed by atoms with Gasteiger partial charge >= 0.3 is 0 Å².